The van der Waals surface area contributed by atoms with E-state index >= 15 is 0 Å². The zero-order valence-corrected chi connectivity index (χ0v) is 9.82. The Bertz CT molecular complexity index is 1440. The predicted molar refractivity (Wildman–Crippen MR) is 87.1 cm³/mol. The Hall–Kier alpha value is -0.790. The molecule has 0 heterocycles. The summed E-state index contributed by atoms with van der Waals surface area (Å²) in [5, 5.41) is 3.27. The summed E-state index contributed by atoms with van der Waals surface area (Å²) >= 11 is 0. The van der Waals surface area contributed by atoms with Crippen LogP contribution in [-0.4, -0.2) is 11.1 Å². The first-order chi connectivity index (χ1) is 22.8. The Labute approximate surface area is 173 Å². The van der Waals surface area contributed by atoms with Crippen LogP contribution in [0.1, 0.15) is 141 Å². The van der Waals surface area contributed by atoms with Crippen LogP contribution >= 0.6 is 0 Å². The molecule has 20 heavy (non-hydrogen) atoms. The molecule has 0 aliphatic carbocycles. The standard InChI is InChI=1S/C18H34O2/c1-2-3-4-5-6-7-8-9-10-11-12-13-14-15-16-17-18(19)20/h9-10H,2-8,11-17H2,1H3,(H,19,20)/b10-9-/i1D3,2D2,3D2,4D2,5D2,6D2,7D2,8D2,9D,10D,11D2,12D2,13D2,14D2,15D2,16D2,17D2/hD. The van der Waals surface area contributed by atoms with E-state index < -0.39 is 114 Å². The van der Waals surface area contributed by atoms with Gasteiger partial charge in [0.05, 0.1) is 2.74 Å². The molecule has 0 saturated carbocycles. The molecule has 1 N–H and O–H groups in total. The first kappa shape index (κ1) is 2.34. The third kappa shape index (κ3) is 17.2. The number of carboxylic acids is 1. The fourth-order valence-corrected chi connectivity index (χ4v) is 0.489. The van der Waals surface area contributed by atoms with Gasteiger partial charge < -0.3 is 5.11 Å². The minimum absolute atomic E-state index is 2.50. The van der Waals surface area contributed by atoms with Crippen LogP contribution in [0.4, 0.5) is 0 Å². The highest BCUT2D eigenvalue weighted by atomic mass is 16.4. The largest absolute Gasteiger partial charge is 0.481 e. The number of carboxylic acid groups (broad SMARTS) is 1. The van der Waals surface area contributed by atoms with Crippen molar-refractivity contribution in [3.63, 3.8) is 0 Å². The molecule has 0 aromatic rings. The molecule has 118 valence electrons. The van der Waals surface area contributed by atoms with Crippen molar-refractivity contribution in [2.24, 2.45) is 0 Å². The van der Waals surface area contributed by atoms with Crippen LogP contribution in [0, 0.1) is 0 Å². The molecule has 0 unspecified atom stereocenters. The van der Waals surface area contributed by atoms with Crippen molar-refractivity contribution < 1.29 is 55.1 Å². The Balaban J connectivity index is 7.71. The lowest BCUT2D eigenvalue weighted by atomic mass is 10.1. The van der Waals surface area contributed by atoms with Crippen LogP contribution in [0.25, 0.3) is 1.43 Å². The second-order valence-corrected chi connectivity index (χ2v) is 2.29. The number of hydrogen-bond donors (Lipinski definition) is 1. The van der Waals surface area contributed by atoms with Crippen LogP contribution in [0.5, 0.6) is 0 Å². The lowest BCUT2D eigenvalue weighted by molar-refractivity contribution is -0.137. The van der Waals surface area contributed by atoms with E-state index in [-0.39, 0.29) is 0 Å². The van der Waals surface area contributed by atoms with Crippen LogP contribution in [0.2, 0.25) is 0 Å². The maximum Gasteiger partial charge on any atom is 0.303 e. The summed E-state index contributed by atoms with van der Waals surface area (Å²) in [6, 6.07) is -5.13. The lowest BCUT2D eigenvalue weighted by Gasteiger charge is -1.99. The topological polar surface area (TPSA) is 37.3 Å². The monoisotopic (exact) mass is 316 g/mol. The highest BCUT2D eigenvalue weighted by molar-refractivity contribution is 5.66. The van der Waals surface area contributed by atoms with Crippen molar-refractivity contribution in [1.82, 2.24) is 0 Å². The van der Waals surface area contributed by atoms with Crippen molar-refractivity contribution in [3.8, 4) is 0 Å². The SMILES string of the molecule is [2H]OC(=O)C([2H])([2H])C([2H])([2H])C([2H])([2H])C([2H])([2H])C([2H])([2H])C([2H])([2H])C([2H])([2H])/C([2H])=C(/[2H])C([2H])([2H])C([2H])([2H])C([2H])([2H])C([2H])([2H])C([2H])([2H])C([2H])([2H])C([2H])([2H])C([2H])([2H])[2H]. The van der Waals surface area contributed by atoms with E-state index in [4.69, 9.17) is 46.7 Å². The van der Waals surface area contributed by atoms with Gasteiger partial charge in [0.1, 0.15) is 0 Å². The summed E-state index contributed by atoms with van der Waals surface area (Å²) in [7, 11) is 0. The molecule has 0 aliphatic heterocycles. The zero-order valence-electron chi connectivity index (χ0n) is 43.8. The zero-order chi connectivity index (χ0) is 44.9. The van der Waals surface area contributed by atoms with Crippen LogP contribution in [-0.2, 0) is 4.79 Å². The van der Waals surface area contributed by atoms with E-state index in [1.54, 1.807) is 0 Å². The summed E-state index contributed by atoms with van der Waals surface area (Å²) in [4.78, 5) is 11.7. The highest BCUT2D eigenvalue weighted by Crippen LogP contribution is 2.09. The average molecular weight is 317 g/mol. The van der Waals surface area contributed by atoms with Gasteiger partial charge in [0, 0.05) is 48.9 Å². The minimum atomic E-state index is -4.92. The fourth-order valence-electron chi connectivity index (χ4n) is 0.489. The van der Waals surface area contributed by atoms with Crippen molar-refractivity contribution in [1.29, 1.82) is 1.43 Å². The van der Waals surface area contributed by atoms with Gasteiger partial charge in [0.25, 0.3) is 1.43 Å². The van der Waals surface area contributed by atoms with E-state index in [1.807, 2.05) is 0 Å². The van der Waals surface area contributed by atoms with Gasteiger partial charge >= 0.3 is 5.97 Å². The van der Waals surface area contributed by atoms with Crippen molar-refractivity contribution in [2.45, 2.75) is 96.1 Å². The first-order valence-electron chi connectivity index (χ1n) is 21.6. The highest BCUT2D eigenvalue weighted by Gasteiger charge is 1.95. The smallest absolute Gasteiger partial charge is 0.303 e. The van der Waals surface area contributed by atoms with E-state index in [0.29, 0.717) is 0 Å². The molecule has 0 atom stereocenters. The molecule has 0 spiro atoms. The molecule has 2 heteroatoms. The van der Waals surface area contributed by atoms with Crippen LogP contribution in [0.3, 0.4) is 0 Å². The average Bonchev–Trinajstić information content (AvgIpc) is 2.97. The summed E-state index contributed by atoms with van der Waals surface area (Å²) in [6.45, 7) is -4.09. The molecule has 0 bridgehead atoms. The van der Waals surface area contributed by atoms with Crippen molar-refractivity contribution in [3.05, 3.63) is 12.1 Å². The molecule has 0 aliphatic rings. The molecule has 0 radical (unpaired) electrons. The Morgan fingerprint density at radius 2 is 1.55 bits per heavy atom. The molecule has 0 aromatic heterocycles. The van der Waals surface area contributed by atoms with Gasteiger partial charge in [-0.15, -0.1) is 0 Å². The van der Waals surface area contributed by atoms with Crippen molar-refractivity contribution >= 4 is 5.97 Å². The second-order valence-electron chi connectivity index (χ2n) is 2.29. The number of hydrogen-bond acceptors (Lipinski definition) is 2. The van der Waals surface area contributed by atoms with E-state index in [0.717, 1.165) is 0 Å². The molecule has 2 nitrogen and oxygen atoms in total. The first-order valence-corrected chi connectivity index (χ1v) is 4.66. The van der Waals surface area contributed by atoms with Gasteiger partial charge in [-0.2, -0.15) is 0 Å². The van der Waals surface area contributed by atoms with E-state index in [1.165, 1.54) is 0 Å². The molecular weight excluding hydrogens is 248 g/mol. The summed E-state index contributed by atoms with van der Waals surface area (Å²) < 4.78 is 267. The number of rotatable bonds is 15. The number of aliphatic carboxylic acids is 1. The maximum absolute atomic E-state index is 11.7. The molecule has 0 saturated heterocycles. The van der Waals surface area contributed by atoms with Crippen molar-refractivity contribution in [2.75, 3.05) is 0 Å². The van der Waals surface area contributed by atoms with Crippen LogP contribution in [0.15, 0.2) is 12.1 Å². The lowest BCUT2D eigenvalue weighted by Crippen LogP contribution is -1.93. The third-order valence-electron chi connectivity index (χ3n) is 1.04. The Kier molecular flexibility index (Phi) is 1.90. The minimum Gasteiger partial charge on any atom is -0.481 e. The predicted octanol–water partition coefficient (Wildman–Crippen LogP) is 6.11. The van der Waals surface area contributed by atoms with Gasteiger partial charge in [-0.1, -0.05) is 69.9 Å². The van der Waals surface area contributed by atoms with Gasteiger partial charge in [0.2, 0.25) is 0 Å². The molecule has 0 aromatic carbocycles. The fraction of sp³-hybridized carbons (Fsp3) is 0.833. The Morgan fingerprint density at radius 3 is 2.15 bits per heavy atom. The molecule has 0 amide bonds. The van der Waals surface area contributed by atoms with Gasteiger partial charge in [-0.25, -0.2) is 0 Å². The molecular formula is C18H34O2. The van der Waals surface area contributed by atoms with E-state index in [9.17, 15) is 4.79 Å². The molecule has 0 rings (SSSR count). The Morgan fingerprint density at radius 1 is 1.00 bits per heavy atom. The maximum atomic E-state index is 11.7. The third-order valence-corrected chi connectivity index (χ3v) is 1.04. The molecule has 0 fully saturated rings. The van der Waals surface area contributed by atoms with Gasteiger partial charge in [-0.3, -0.25) is 4.79 Å². The normalized spacial score (nSPS) is 47.8. The van der Waals surface area contributed by atoms with Crippen LogP contribution < -0.4 is 0 Å². The van der Waals surface area contributed by atoms with E-state index in [2.05, 4.69) is 5.11 Å². The summed E-state index contributed by atoms with van der Waals surface area (Å²) in [5.74, 6) is -2.50. The van der Waals surface area contributed by atoms with Gasteiger partial charge in [-0.05, 0) is 31.9 Å². The number of allylic oxidation sites excluding steroid dienone is 2. The quantitative estimate of drug-likeness (QED) is 0.370. The second kappa shape index (κ2) is 16.3. The van der Waals surface area contributed by atoms with Gasteiger partial charge in [0.15, 0.2) is 0 Å². The summed E-state index contributed by atoms with van der Waals surface area (Å²) in [6.07, 6.45) is -66.4. The number of carbonyl (C=O) groups is 1. The summed E-state index contributed by atoms with van der Waals surface area (Å²) in [5.41, 5.74) is 0.